The summed E-state index contributed by atoms with van der Waals surface area (Å²) >= 11 is 1.51. The van der Waals surface area contributed by atoms with Gasteiger partial charge in [0.1, 0.15) is 5.82 Å². The van der Waals surface area contributed by atoms with Crippen molar-refractivity contribution < 1.29 is 19.1 Å². The standard InChI is InChI=1S/C16H20FNO3S/c1-11(10-22-14-6-4-13(17)5-7-14)15(19)18-8-2-3-12(9-18)16(20)21/h4-7,11-12H,2-3,8-10H2,1H3,(H,20,21). The number of benzene rings is 1. The van der Waals surface area contributed by atoms with Gasteiger partial charge in [0.2, 0.25) is 5.91 Å². The Bertz CT molecular complexity index is 535. The van der Waals surface area contributed by atoms with Crippen LogP contribution in [-0.4, -0.2) is 40.7 Å². The summed E-state index contributed by atoms with van der Waals surface area (Å²) in [6.07, 6.45) is 1.37. The first-order valence-corrected chi connectivity index (χ1v) is 8.36. The van der Waals surface area contributed by atoms with Crippen molar-refractivity contribution in [3.8, 4) is 0 Å². The van der Waals surface area contributed by atoms with Gasteiger partial charge < -0.3 is 10.0 Å². The Balaban J connectivity index is 1.86. The molecule has 1 heterocycles. The first-order valence-electron chi connectivity index (χ1n) is 7.37. The van der Waals surface area contributed by atoms with Gasteiger partial charge in [0.15, 0.2) is 0 Å². The van der Waals surface area contributed by atoms with E-state index in [0.29, 0.717) is 25.3 Å². The quantitative estimate of drug-likeness (QED) is 0.846. The van der Waals surface area contributed by atoms with Crippen LogP contribution in [0.2, 0.25) is 0 Å². The summed E-state index contributed by atoms with van der Waals surface area (Å²) in [6, 6.07) is 6.19. The van der Waals surface area contributed by atoms with E-state index < -0.39 is 11.9 Å². The summed E-state index contributed by atoms with van der Waals surface area (Å²) in [4.78, 5) is 26.0. The number of carboxylic acid groups (broad SMARTS) is 1. The molecule has 1 amide bonds. The van der Waals surface area contributed by atoms with Gasteiger partial charge in [-0.15, -0.1) is 11.8 Å². The van der Waals surface area contributed by atoms with Crippen molar-refractivity contribution >= 4 is 23.6 Å². The predicted octanol–water partition coefficient (Wildman–Crippen LogP) is 2.88. The molecule has 4 nitrogen and oxygen atoms in total. The average molecular weight is 325 g/mol. The molecule has 0 aliphatic carbocycles. The number of rotatable bonds is 5. The van der Waals surface area contributed by atoms with Crippen molar-refractivity contribution in [1.29, 1.82) is 0 Å². The number of halogens is 1. The Labute approximate surface area is 133 Å². The number of aliphatic carboxylic acids is 1. The molecule has 0 saturated carbocycles. The topological polar surface area (TPSA) is 57.6 Å². The highest BCUT2D eigenvalue weighted by molar-refractivity contribution is 7.99. The number of carbonyl (C=O) groups excluding carboxylic acids is 1. The molecule has 22 heavy (non-hydrogen) atoms. The molecule has 1 aliphatic rings. The van der Waals surface area contributed by atoms with Gasteiger partial charge in [0.05, 0.1) is 5.92 Å². The Morgan fingerprint density at radius 3 is 2.73 bits per heavy atom. The average Bonchev–Trinajstić information content (AvgIpc) is 2.53. The SMILES string of the molecule is CC(CSc1ccc(F)cc1)C(=O)N1CCCC(C(=O)O)C1. The first-order chi connectivity index (χ1) is 10.5. The third kappa shape index (κ3) is 4.47. The van der Waals surface area contributed by atoms with Gasteiger partial charge in [-0.2, -0.15) is 0 Å². The molecule has 1 aromatic carbocycles. The lowest BCUT2D eigenvalue weighted by atomic mass is 9.97. The molecule has 1 aromatic rings. The van der Waals surface area contributed by atoms with Gasteiger partial charge in [0, 0.05) is 29.7 Å². The van der Waals surface area contributed by atoms with Crippen LogP contribution in [0.1, 0.15) is 19.8 Å². The number of nitrogens with zero attached hydrogens (tertiary/aromatic N) is 1. The van der Waals surface area contributed by atoms with E-state index in [4.69, 9.17) is 5.11 Å². The molecule has 0 bridgehead atoms. The largest absolute Gasteiger partial charge is 0.481 e. The van der Waals surface area contributed by atoms with Crippen LogP contribution < -0.4 is 0 Å². The second-order valence-corrected chi connectivity index (χ2v) is 6.72. The van der Waals surface area contributed by atoms with E-state index in [2.05, 4.69) is 0 Å². The molecule has 6 heteroatoms. The fraction of sp³-hybridized carbons (Fsp3) is 0.500. The fourth-order valence-corrected chi connectivity index (χ4v) is 3.43. The van der Waals surface area contributed by atoms with Crippen LogP contribution in [0.5, 0.6) is 0 Å². The number of thioether (sulfide) groups is 1. The minimum Gasteiger partial charge on any atom is -0.481 e. The highest BCUT2D eigenvalue weighted by Crippen LogP contribution is 2.24. The minimum atomic E-state index is -0.828. The number of carbonyl (C=O) groups is 2. The maximum atomic E-state index is 12.8. The zero-order valence-electron chi connectivity index (χ0n) is 12.5. The van der Waals surface area contributed by atoms with Crippen LogP contribution in [0.4, 0.5) is 4.39 Å². The zero-order valence-corrected chi connectivity index (χ0v) is 13.3. The lowest BCUT2D eigenvalue weighted by Gasteiger charge is -2.32. The minimum absolute atomic E-state index is 0.000520. The van der Waals surface area contributed by atoms with E-state index >= 15 is 0 Å². The summed E-state index contributed by atoms with van der Waals surface area (Å²) in [5, 5.41) is 9.08. The molecule has 0 spiro atoms. The molecular formula is C16H20FNO3S. The normalized spacial score (nSPS) is 19.7. The highest BCUT2D eigenvalue weighted by Gasteiger charge is 2.30. The predicted molar refractivity (Wildman–Crippen MR) is 83.2 cm³/mol. The summed E-state index contributed by atoms with van der Waals surface area (Å²) < 4.78 is 12.8. The molecule has 2 rings (SSSR count). The number of hydrogen-bond acceptors (Lipinski definition) is 3. The van der Waals surface area contributed by atoms with Crippen LogP contribution >= 0.6 is 11.8 Å². The number of piperidine rings is 1. The molecule has 120 valence electrons. The van der Waals surface area contributed by atoms with Crippen molar-refractivity contribution in [3.05, 3.63) is 30.1 Å². The van der Waals surface area contributed by atoms with Gasteiger partial charge in [0.25, 0.3) is 0 Å². The van der Waals surface area contributed by atoms with Crippen LogP contribution in [0.25, 0.3) is 0 Å². The van der Waals surface area contributed by atoms with Crippen LogP contribution in [-0.2, 0) is 9.59 Å². The molecule has 1 saturated heterocycles. The molecular weight excluding hydrogens is 305 g/mol. The molecule has 2 atom stereocenters. The monoisotopic (exact) mass is 325 g/mol. The highest BCUT2D eigenvalue weighted by atomic mass is 32.2. The Kier molecular flexibility index (Phi) is 5.83. The number of carboxylic acids is 1. The number of amides is 1. The zero-order chi connectivity index (χ0) is 16.1. The maximum Gasteiger partial charge on any atom is 0.308 e. The van der Waals surface area contributed by atoms with E-state index in [0.717, 1.165) is 11.3 Å². The van der Waals surface area contributed by atoms with E-state index in [-0.39, 0.29) is 17.6 Å². The number of hydrogen-bond donors (Lipinski definition) is 1. The molecule has 1 N–H and O–H groups in total. The van der Waals surface area contributed by atoms with Crippen molar-refractivity contribution in [1.82, 2.24) is 4.90 Å². The lowest BCUT2D eigenvalue weighted by molar-refractivity contribution is -0.146. The van der Waals surface area contributed by atoms with Crippen molar-refractivity contribution in [2.45, 2.75) is 24.7 Å². The summed E-state index contributed by atoms with van der Waals surface area (Å²) in [5.74, 6) is -1.15. The van der Waals surface area contributed by atoms with Crippen LogP contribution in [0.15, 0.2) is 29.2 Å². The van der Waals surface area contributed by atoms with E-state index in [1.54, 1.807) is 17.0 Å². The molecule has 0 aromatic heterocycles. The summed E-state index contributed by atoms with van der Waals surface area (Å²) in [6.45, 7) is 2.79. The molecule has 0 radical (unpaired) electrons. The maximum absolute atomic E-state index is 12.8. The molecule has 1 aliphatic heterocycles. The molecule has 1 fully saturated rings. The van der Waals surface area contributed by atoms with Crippen molar-refractivity contribution in [3.63, 3.8) is 0 Å². The summed E-state index contributed by atoms with van der Waals surface area (Å²) in [5.41, 5.74) is 0. The number of likely N-dealkylation sites (tertiary alicyclic amines) is 1. The van der Waals surface area contributed by atoms with Gasteiger partial charge in [-0.25, -0.2) is 4.39 Å². The summed E-state index contributed by atoms with van der Waals surface area (Å²) in [7, 11) is 0. The smallest absolute Gasteiger partial charge is 0.308 e. The second kappa shape index (κ2) is 7.63. The van der Waals surface area contributed by atoms with Crippen LogP contribution in [0, 0.1) is 17.7 Å². The second-order valence-electron chi connectivity index (χ2n) is 5.63. The fourth-order valence-electron chi connectivity index (χ4n) is 2.51. The first kappa shape index (κ1) is 16.8. The van der Waals surface area contributed by atoms with Gasteiger partial charge in [-0.1, -0.05) is 6.92 Å². The van der Waals surface area contributed by atoms with Gasteiger partial charge in [-0.3, -0.25) is 9.59 Å². The Morgan fingerprint density at radius 2 is 2.09 bits per heavy atom. The van der Waals surface area contributed by atoms with Crippen molar-refractivity contribution in [2.75, 3.05) is 18.8 Å². The van der Waals surface area contributed by atoms with Gasteiger partial charge in [-0.05, 0) is 37.1 Å². The van der Waals surface area contributed by atoms with E-state index in [9.17, 15) is 14.0 Å². The lowest BCUT2D eigenvalue weighted by Crippen LogP contribution is -2.44. The van der Waals surface area contributed by atoms with Gasteiger partial charge >= 0.3 is 5.97 Å². The van der Waals surface area contributed by atoms with Crippen molar-refractivity contribution in [2.24, 2.45) is 11.8 Å². The Hall–Kier alpha value is -1.56. The Morgan fingerprint density at radius 1 is 1.41 bits per heavy atom. The van der Waals surface area contributed by atoms with Crippen LogP contribution in [0.3, 0.4) is 0 Å². The van der Waals surface area contributed by atoms with E-state index in [1.165, 1.54) is 23.9 Å². The van der Waals surface area contributed by atoms with E-state index in [1.807, 2.05) is 6.92 Å². The third-order valence-electron chi connectivity index (χ3n) is 3.82. The third-order valence-corrected chi connectivity index (χ3v) is 5.09. The molecule has 2 unspecified atom stereocenters.